The van der Waals surface area contributed by atoms with Crippen LogP contribution in [0.1, 0.15) is 12.5 Å². The van der Waals surface area contributed by atoms with Gasteiger partial charge in [0.05, 0.1) is 46.8 Å². The second-order valence-corrected chi connectivity index (χ2v) is 10.8. The highest BCUT2D eigenvalue weighted by atomic mass is 16.7. The molecule has 0 aromatic heterocycles. The van der Waals surface area contributed by atoms with Gasteiger partial charge < -0.3 is 78.7 Å². The van der Waals surface area contributed by atoms with E-state index in [9.17, 15) is 40.9 Å². The van der Waals surface area contributed by atoms with Gasteiger partial charge in [0.1, 0.15) is 54.4 Å². The normalized spacial score (nSPS) is 41.7. The fraction of sp³-hybridized carbons (Fsp3) is 0.778. The summed E-state index contributed by atoms with van der Waals surface area (Å²) in [6, 6.07) is 5.29. The van der Waals surface area contributed by atoms with E-state index >= 15 is 0 Å². The van der Waals surface area contributed by atoms with Crippen molar-refractivity contribution in [3.8, 4) is 11.5 Å². The van der Waals surface area contributed by atoms with Gasteiger partial charge in [-0.1, -0.05) is 6.07 Å². The second kappa shape index (κ2) is 14.6. The summed E-state index contributed by atoms with van der Waals surface area (Å²) < 4.78 is 44.2. The molecule has 3 aliphatic rings. The lowest BCUT2D eigenvalue weighted by Crippen LogP contribution is -2.64. The van der Waals surface area contributed by atoms with Gasteiger partial charge in [0.15, 0.2) is 30.4 Å². The minimum atomic E-state index is -1.94. The predicted octanol–water partition coefficient (Wildman–Crippen LogP) is -3.62. The molecule has 0 aliphatic carbocycles. The molecular weight excluding hydrogens is 580 g/mol. The molecule has 1 aromatic carbocycles. The Hall–Kier alpha value is -1.74. The van der Waals surface area contributed by atoms with Crippen LogP contribution in [-0.4, -0.2) is 161 Å². The summed E-state index contributed by atoms with van der Waals surface area (Å²) in [5, 5.41) is 82.7. The van der Waals surface area contributed by atoms with Gasteiger partial charge in [-0.2, -0.15) is 0 Å². The van der Waals surface area contributed by atoms with E-state index in [4.69, 9.17) is 37.9 Å². The predicted molar refractivity (Wildman–Crippen MR) is 141 cm³/mol. The zero-order valence-corrected chi connectivity index (χ0v) is 24.0. The zero-order chi connectivity index (χ0) is 31.5. The minimum Gasteiger partial charge on any atom is -0.493 e. The molecule has 3 fully saturated rings. The van der Waals surface area contributed by atoms with Crippen molar-refractivity contribution < 1.29 is 78.7 Å². The molecule has 1 aromatic rings. The van der Waals surface area contributed by atoms with Crippen LogP contribution < -0.4 is 9.47 Å². The summed E-state index contributed by atoms with van der Waals surface area (Å²) in [4.78, 5) is 0. The number of ether oxygens (including phenoxy) is 8. The number of hydrogen-bond donors (Lipinski definition) is 8. The molecule has 3 saturated heterocycles. The fourth-order valence-corrected chi connectivity index (χ4v) is 5.07. The van der Waals surface area contributed by atoms with E-state index in [2.05, 4.69) is 0 Å². The maximum Gasteiger partial charge on any atom is 0.187 e. The number of rotatable bonds is 12. The Balaban J connectivity index is 1.46. The third-order valence-electron chi connectivity index (χ3n) is 7.87. The van der Waals surface area contributed by atoms with Gasteiger partial charge in [0.25, 0.3) is 0 Å². The van der Waals surface area contributed by atoms with Crippen molar-refractivity contribution in [2.45, 2.75) is 92.8 Å². The third-order valence-corrected chi connectivity index (χ3v) is 7.87. The van der Waals surface area contributed by atoms with Gasteiger partial charge in [-0.25, -0.2) is 0 Å². The summed E-state index contributed by atoms with van der Waals surface area (Å²) >= 11 is 0. The summed E-state index contributed by atoms with van der Waals surface area (Å²) in [7, 11) is 3.02. The Morgan fingerprint density at radius 2 is 1.56 bits per heavy atom. The van der Waals surface area contributed by atoms with Crippen LogP contribution in [0.3, 0.4) is 0 Å². The van der Waals surface area contributed by atoms with Gasteiger partial charge in [0, 0.05) is 0 Å². The molecule has 3 heterocycles. The number of methoxy groups -OCH3 is 2. The maximum absolute atomic E-state index is 11.1. The summed E-state index contributed by atoms with van der Waals surface area (Å²) in [5.74, 6) is 1.06. The Morgan fingerprint density at radius 3 is 2.21 bits per heavy atom. The van der Waals surface area contributed by atoms with E-state index in [0.29, 0.717) is 17.9 Å². The molecule has 16 nitrogen and oxygen atoms in total. The summed E-state index contributed by atoms with van der Waals surface area (Å²) in [6.45, 7) is -0.148. The number of hydrogen-bond acceptors (Lipinski definition) is 16. The SMILES string of the molecule is COc1ccc(CCO[C@@H]2O[C@H](CO[C@@H]3OC[C@](O)(CO)[C@H]3O)[C@@H](O)[C@H](O[C@@H]3O[C@@H](C)[C@H](O)[C@@H](O)[C@H]3O)[C@H]2O)cc1OC. The molecule has 43 heavy (non-hydrogen) atoms. The standard InChI is InChI=1S/C27H42O16/c1-12-17(29)19(31)20(32)25(41-12)43-22-18(30)16(9-39-26-23(34)27(35,10-28)11-40-26)42-24(21(22)33)38-7-6-13-4-5-14(36-2)15(8-13)37-3/h4-5,8,12,16-26,28-35H,6-7,9-11H2,1-3H3/t12-,16+,17-,18+,19+,20+,21+,22-,23-,24+,25-,26+,27+/m0/s1. The van der Waals surface area contributed by atoms with Crippen LogP contribution in [-0.2, 0) is 34.8 Å². The monoisotopic (exact) mass is 622 g/mol. The average Bonchev–Trinajstić information content (AvgIpc) is 3.30. The first-order chi connectivity index (χ1) is 20.4. The minimum absolute atomic E-state index is 0.0338. The number of aliphatic hydroxyl groups excluding tert-OH is 7. The highest BCUT2D eigenvalue weighted by Crippen LogP contribution is 2.32. The molecule has 3 aliphatic heterocycles. The molecule has 8 N–H and O–H groups in total. The Morgan fingerprint density at radius 1 is 0.837 bits per heavy atom. The molecular formula is C27H42O16. The topological polar surface area (TPSA) is 236 Å². The first-order valence-corrected chi connectivity index (χ1v) is 13.9. The first kappa shape index (κ1) is 34.1. The Labute approximate surface area is 247 Å². The molecule has 16 heteroatoms. The van der Waals surface area contributed by atoms with E-state index in [1.807, 2.05) is 0 Å². The number of aliphatic hydroxyl groups is 8. The molecule has 0 amide bonds. The Bertz CT molecular complexity index is 1030. The lowest BCUT2D eigenvalue weighted by Gasteiger charge is -2.46. The van der Waals surface area contributed by atoms with Crippen molar-refractivity contribution in [3.63, 3.8) is 0 Å². The van der Waals surface area contributed by atoms with Crippen molar-refractivity contribution in [2.24, 2.45) is 0 Å². The van der Waals surface area contributed by atoms with Crippen LogP contribution in [0.25, 0.3) is 0 Å². The average molecular weight is 623 g/mol. The van der Waals surface area contributed by atoms with E-state index in [0.717, 1.165) is 5.56 Å². The van der Waals surface area contributed by atoms with Crippen LogP contribution in [0.5, 0.6) is 11.5 Å². The third kappa shape index (κ3) is 7.40. The smallest absolute Gasteiger partial charge is 0.187 e. The van der Waals surface area contributed by atoms with Crippen LogP contribution in [0.4, 0.5) is 0 Å². The van der Waals surface area contributed by atoms with E-state index in [1.54, 1.807) is 18.2 Å². The summed E-state index contributed by atoms with van der Waals surface area (Å²) in [6.07, 6.45) is -17.3. The molecule has 246 valence electrons. The molecule has 0 unspecified atom stereocenters. The van der Waals surface area contributed by atoms with Gasteiger partial charge >= 0.3 is 0 Å². The van der Waals surface area contributed by atoms with E-state index in [-0.39, 0.29) is 6.61 Å². The molecule has 0 radical (unpaired) electrons. The lowest BCUT2D eigenvalue weighted by molar-refractivity contribution is -0.359. The first-order valence-electron chi connectivity index (χ1n) is 13.9. The van der Waals surface area contributed by atoms with Crippen molar-refractivity contribution in [1.82, 2.24) is 0 Å². The van der Waals surface area contributed by atoms with Gasteiger partial charge in [-0.3, -0.25) is 0 Å². The zero-order valence-electron chi connectivity index (χ0n) is 24.0. The van der Waals surface area contributed by atoms with Crippen LogP contribution in [0.2, 0.25) is 0 Å². The van der Waals surface area contributed by atoms with E-state index < -0.39 is 99.2 Å². The quantitative estimate of drug-likeness (QED) is 0.112. The van der Waals surface area contributed by atoms with E-state index in [1.165, 1.54) is 21.1 Å². The summed E-state index contributed by atoms with van der Waals surface area (Å²) in [5.41, 5.74) is -1.12. The van der Waals surface area contributed by atoms with Gasteiger partial charge in [-0.15, -0.1) is 0 Å². The van der Waals surface area contributed by atoms with Crippen molar-refractivity contribution in [1.29, 1.82) is 0 Å². The van der Waals surface area contributed by atoms with Crippen LogP contribution >= 0.6 is 0 Å². The van der Waals surface area contributed by atoms with Crippen LogP contribution in [0.15, 0.2) is 18.2 Å². The molecule has 0 spiro atoms. The highest BCUT2D eigenvalue weighted by molar-refractivity contribution is 5.42. The van der Waals surface area contributed by atoms with Crippen molar-refractivity contribution >= 4 is 0 Å². The number of benzene rings is 1. The fourth-order valence-electron chi connectivity index (χ4n) is 5.07. The van der Waals surface area contributed by atoms with Crippen molar-refractivity contribution in [2.75, 3.05) is 40.6 Å². The second-order valence-electron chi connectivity index (χ2n) is 10.8. The van der Waals surface area contributed by atoms with Crippen LogP contribution in [0, 0.1) is 0 Å². The van der Waals surface area contributed by atoms with Crippen molar-refractivity contribution in [3.05, 3.63) is 23.8 Å². The molecule has 0 saturated carbocycles. The molecule has 13 atom stereocenters. The van der Waals surface area contributed by atoms with Gasteiger partial charge in [0.2, 0.25) is 0 Å². The maximum atomic E-state index is 11.1. The Kier molecular flexibility index (Phi) is 11.6. The lowest BCUT2D eigenvalue weighted by atomic mass is 9.97. The largest absolute Gasteiger partial charge is 0.493 e. The van der Waals surface area contributed by atoms with Gasteiger partial charge in [-0.05, 0) is 31.0 Å². The molecule has 4 rings (SSSR count). The highest BCUT2D eigenvalue weighted by Gasteiger charge is 2.52. The molecule has 0 bridgehead atoms.